The number of anilines is 2. The minimum Gasteiger partial charge on any atom is -0.497 e. The van der Waals surface area contributed by atoms with Gasteiger partial charge in [0.15, 0.2) is 11.4 Å². The van der Waals surface area contributed by atoms with E-state index in [1.165, 1.54) is 58.5 Å². The van der Waals surface area contributed by atoms with Crippen molar-refractivity contribution < 1.29 is 58.2 Å². The maximum Gasteiger partial charge on any atom is 0.435 e. The standard InChI is InChI=1S/C18H13F5N4O2.C18H15F5N4O/c1-9-5-14(18(21,22)23)26-27(9)10-3-4-15(24-8-10)25-17(28)16-12(19)6-11(29-2)7-13(16)20;1-10-5-16(18(21,22)23)26-27(10)11-3-4-17(24-8-11)25-9-13-14(19)6-12(28-2)7-15(13)20/h3-8H,1-2H3,(H,24,25,28);3-8H,9H2,1-2H3,(H,24,25). The van der Waals surface area contributed by atoms with Crippen molar-refractivity contribution in [2.24, 2.45) is 0 Å². The highest BCUT2D eigenvalue weighted by atomic mass is 19.4. The summed E-state index contributed by atoms with van der Waals surface area (Å²) in [6.07, 6.45) is -6.67. The van der Waals surface area contributed by atoms with Gasteiger partial charge in [-0.2, -0.15) is 36.5 Å². The maximum atomic E-state index is 14.0. The van der Waals surface area contributed by atoms with E-state index in [1.54, 1.807) is 0 Å². The molecular formula is C36H28F10N8O3. The van der Waals surface area contributed by atoms with Crippen LogP contribution in [0.4, 0.5) is 55.5 Å². The van der Waals surface area contributed by atoms with Crippen molar-refractivity contribution in [1.82, 2.24) is 29.5 Å². The zero-order valence-corrected chi connectivity index (χ0v) is 29.8. The molecule has 0 radical (unpaired) electrons. The number of pyridine rings is 2. The van der Waals surface area contributed by atoms with E-state index < -0.39 is 58.5 Å². The number of aromatic nitrogens is 6. The molecule has 6 aromatic rings. The number of nitrogens with one attached hydrogen (secondary N) is 2. The third-order valence-corrected chi connectivity index (χ3v) is 7.86. The number of amides is 1. The summed E-state index contributed by atoms with van der Waals surface area (Å²) in [7, 11) is 2.52. The van der Waals surface area contributed by atoms with E-state index in [4.69, 9.17) is 9.47 Å². The molecule has 57 heavy (non-hydrogen) atoms. The maximum absolute atomic E-state index is 14.0. The first-order valence-corrected chi connectivity index (χ1v) is 16.1. The molecule has 0 atom stereocenters. The Balaban J connectivity index is 0.000000218. The highest BCUT2D eigenvalue weighted by molar-refractivity contribution is 6.04. The van der Waals surface area contributed by atoms with Crippen LogP contribution < -0.4 is 20.1 Å². The van der Waals surface area contributed by atoms with Gasteiger partial charge >= 0.3 is 12.4 Å². The van der Waals surface area contributed by atoms with Crippen LogP contribution >= 0.6 is 0 Å². The molecule has 2 N–H and O–H groups in total. The van der Waals surface area contributed by atoms with Crippen LogP contribution in [0.3, 0.4) is 0 Å². The van der Waals surface area contributed by atoms with Crippen molar-refractivity contribution in [2.45, 2.75) is 32.7 Å². The second kappa shape index (κ2) is 16.6. The van der Waals surface area contributed by atoms with Crippen LogP contribution in [-0.4, -0.2) is 49.7 Å². The van der Waals surface area contributed by atoms with Crippen molar-refractivity contribution >= 4 is 17.5 Å². The zero-order valence-electron chi connectivity index (χ0n) is 29.8. The number of alkyl halides is 6. The molecule has 4 heterocycles. The lowest BCUT2D eigenvalue weighted by Crippen LogP contribution is -2.17. The van der Waals surface area contributed by atoms with Crippen molar-refractivity contribution in [1.29, 1.82) is 0 Å². The lowest BCUT2D eigenvalue weighted by molar-refractivity contribution is -0.142. The summed E-state index contributed by atoms with van der Waals surface area (Å²) in [5.74, 6) is -4.67. The van der Waals surface area contributed by atoms with Crippen LogP contribution in [0.5, 0.6) is 11.5 Å². The molecule has 0 aliphatic rings. The van der Waals surface area contributed by atoms with E-state index in [2.05, 4.69) is 30.8 Å². The Bertz CT molecular complexity index is 2330. The van der Waals surface area contributed by atoms with Crippen LogP contribution in [-0.2, 0) is 18.9 Å². The fourth-order valence-corrected chi connectivity index (χ4v) is 5.06. The minimum atomic E-state index is -4.59. The van der Waals surface area contributed by atoms with Crippen LogP contribution in [0.2, 0.25) is 0 Å². The Morgan fingerprint density at radius 3 is 1.44 bits per heavy atom. The molecule has 2 aromatic carbocycles. The number of carbonyl (C=O) groups excluding carboxylic acids is 1. The number of methoxy groups -OCH3 is 2. The SMILES string of the molecule is COc1cc(F)c(C(=O)Nc2ccc(-n3nc(C(F)(F)F)cc3C)cn2)c(F)c1.COc1cc(F)c(CNc2ccc(-n3nc(C(F)(F)F)cc3C)cn2)c(F)c1. The minimum absolute atomic E-state index is 0.0609. The zero-order chi connectivity index (χ0) is 41.8. The number of benzene rings is 2. The molecule has 0 saturated heterocycles. The fraction of sp³-hybridized carbons (Fsp3) is 0.194. The molecule has 11 nitrogen and oxygen atoms in total. The summed E-state index contributed by atoms with van der Waals surface area (Å²) >= 11 is 0. The van der Waals surface area contributed by atoms with E-state index in [9.17, 15) is 48.7 Å². The summed E-state index contributed by atoms with van der Waals surface area (Å²) in [6.45, 7) is 2.75. The number of nitrogens with zero attached hydrogens (tertiary/aromatic N) is 6. The first-order chi connectivity index (χ1) is 26.8. The summed E-state index contributed by atoms with van der Waals surface area (Å²) in [4.78, 5) is 20.1. The quantitative estimate of drug-likeness (QED) is 0.139. The van der Waals surface area contributed by atoms with Gasteiger partial charge in [-0.25, -0.2) is 36.9 Å². The number of ether oxygens (including phenoxy) is 2. The van der Waals surface area contributed by atoms with E-state index in [-0.39, 0.29) is 46.5 Å². The third-order valence-electron chi connectivity index (χ3n) is 7.86. The molecule has 300 valence electrons. The molecule has 0 aliphatic heterocycles. The van der Waals surface area contributed by atoms with Gasteiger partial charge in [-0.05, 0) is 50.2 Å². The number of aryl methyl sites for hydroxylation is 2. The molecule has 6 rings (SSSR count). The van der Waals surface area contributed by atoms with Crippen molar-refractivity contribution in [3.05, 3.63) is 130 Å². The van der Waals surface area contributed by atoms with Gasteiger partial charge in [0, 0.05) is 47.8 Å². The Labute approximate surface area is 315 Å². The third kappa shape index (κ3) is 9.77. The van der Waals surface area contributed by atoms with Gasteiger partial charge in [0.1, 0.15) is 52.0 Å². The molecule has 0 unspecified atom stereocenters. The highest BCUT2D eigenvalue weighted by Crippen LogP contribution is 2.31. The van der Waals surface area contributed by atoms with E-state index in [0.717, 1.165) is 52.0 Å². The van der Waals surface area contributed by atoms with Crippen molar-refractivity contribution in [3.63, 3.8) is 0 Å². The molecule has 0 spiro atoms. The normalized spacial score (nSPS) is 11.5. The van der Waals surface area contributed by atoms with Crippen LogP contribution in [0.1, 0.15) is 38.7 Å². The van der Waals surface area contributed by atoms with E-state index >= 15 is 0 Å². The molecule has 21 heteroatoms. The largest absolute Gasteiger partial charge is 0.497 e. The number of rotatable bonds is 9. The Hall–Kier alpha value is -6.67. The predicted octanol–water partition coefficient (Wildman–Crippen LogP) is 8.63. The predicted molar refractivity (Wildman–Crippen MR) is 183 cm³/mol. The molecule has 4 aromatic heterocycles. The summed E-state index contributed by atoms with van der Waals surface area (Å²) in [6, 6.07) is 11.2. The van der Waals surface area contributed by atoms with Crippen LogP contribution in [0.15, 0.2) is 73.1 Å². The first-order valence-electron chi connectivity index (χ1n) is 16.1. The Kier molecular flexibility index (Phi) is 12.1. The van der Waals surface area contributed by atoms with Gasteiger partial charge < -0.3 is 20.1 Å². The van der Waals surface area contributed by atoms with Gasteiger partial charge in [0.05, 0.1) is 38.0 Å². The van der Waals surface area contributed by atoms with Crippen LogP contribution in [0.25, 0.3) is 11.4 Å². The van der Waals surface area contributed by atoms with E-state index in [1.807, 2.05) is 0 Å². The molecular weight excluding hydrogens is 782 g/mol. The second-order valence-electron chi connectivity index (χ2n) is 11.8. The number of halogens is 10. The Morgan fingerprint density at radius 2 is 1.07 bits per heavy atom. The molecule has 0 bridgehead atoms. The number of hydrogen-bond donors (Lipinski definition) is 2. The smallest absolute Gasteiger partial charge is 0.435 e. The fourth-order valence-electron chi connectivity index (χ4n) is 5.06. The highest BCUT2D eigenvalue weighted by Gasteiger charge is 2.35. The number of carbonyl (C=O) groups is 1. The molecule has 0 fully saturated rings. The van der Waals surface area contributed by atoms with Crippen molar-refractivity contribution in [2.75, 3.05) is 24.9 Å². The average molecular weight is 811 g/mol. The molecule has 0 aliphatic carbocycles. The summed E-state index contributed by atoms with van der Waals surface area (Å²) in [5, 5.41) is 12.0. The number of hydrogen-bond acceptors (Lipinski definition) is 8. The van der Waals surface area contributed by atoms with Crippen LogP contribution in [0, 0.1) is 37.1 Å². The van der Waals surface area contributed by atoms with Gasteiger partial charge in [-0.15, -0.1) is 0 Å². The van der Waals surface area contributed by atoms with Gasteiger partial charge in [0.2, 0.25) is 0 Å². The topological polar surface area (TPSA) is 121 Å². The van der Waals surface area contributed by atoms with Crippen molar-refractivity contribution in [3.8, 4) is 22.9 Å². The Morgan fingerprint density at radius 1 is 0.649 bits per heavy atom. The molecule has 1 amide bonds. The van der Waals surface area contributed by atoms with E-state index in [0.29, 0.717) is 11.5 Å². The van der Waals surface area contributed by atoms with Gasteiger partial charge in [-0.1, -0.05) is 0 Å². The average Bonchev–Trinajstić information content (AvgIpc) is 3.74. The summed E-state index contributed by atoms with van der Waals surface area (Å²) in [5.41, 5.74) is -2.04. The lowest BCUT2D eigenvalue weighted by atomic mass is 10.1. The second-order valence-corrected chi connectivity index (χ2v) is 11.8. The first kappa shape index (κ1) is 41.5. The van der Waals surface area contributed by atoms with Gasteiger partial charge in [-0.3, -0.25) is 4.79 Å². The lowest BCUT2D eigenvalue weighted by Gasteiger charge is -2.10. The van der Waals surface area contributed by atoms with Gasteiger partial charge in [0.25, 0.3) is 5.91 Å². The summed E-state index contributed by atoms with van der Waals surface area (Å²) < 4.78 is 144. The molecule has 0 saturated carbocycles. The monoisotopic (exact) mass is 810 g/mol.